The molecule has 0 saturated carbocycles. The van der Waals surface area contributed by atoms with Crippen molar-refractivity contribution >= 4 is 33.4 Å². The summed E-state index contributed by atoms with van der Waals surface area (Å²) in [6, 6.07) is 0.194. The molecule has 0 aromatic carbocycles. The van der Waals surface area contributed by atoms with Gasteiger partial charge < -0.3 is 10.6 Å². The lowest BCUT2D eigenvalue weighted by Crippen LogP contribution is -2.30. The highest BCUT2D eigenvalue weighted by atomic mass is 33.1. The van der Waals surface area contributed by atoms with Gasteiger partial charge >= 0.3 is 0 Å². The molecule has 0 atom stereocenters. The normalized spacial score (nSPS) is 11.5. The first-order valence-electron chi connectivity index (χ1n) is 6.63. The van der Waals surface area contributed by atoms with Crippen LogP contribution < -0.4 is 10.6 Å². The van der Waals surface area contributed by atoms with Gasteiger partial charge in [-0.3, -0.25) is 9.59 Å². The van der Waals surface area contributed by atoms with Crippen LogP contribution in [0.5, 0.6) is 0 Å². The highest BCUT2D eigenvalue weighted by Crippen LogP contribution is 2.38. The molecule has 0 radical (unpaired) electrons. The maximum atomic E-state index is 11.5. The van der Waals surface area contributed by atoms with E-state index in [-0.39, 0.29) is 22.6 Å². The Morgan fingerprint density at radius 3 is 2.37 bits per heavy atom. The maximum Gasteiger partial charge on any atom is 0.221 e. The Kier molecular flexibility index (Phi) is 9.35. The molecular formula is C13H26N2O2S2. The fourth-order valence-corrected chi connectivity index (χ4v) is 3.90. The van der Waals surface area contributed by atoms with Gasteiger partial charge in [0, 0.05) is 35.9 Å². The smallest absolute Gasteiger partial charge is 0.221 e. The molecule has 0 aliphatic carbocycles. The molecule has 2 amide bonds. The summed E-state index contributed by atoms with van der Waals surface area (Å²) in [6.07, 6.45) is 1.02. The van der Waals surface area contributed by atoms with Crippen molar-refractivity contribution in [3.05, 3.63) is 0 Å². The molecule has 112 valence electrons. The zero-order valence-corrected chi connectivity index (χ0v) is 14.2. The van der Waals surface area contributed by atoms with Crippen LogP contribution >= 0.6 is 21.6 Å². The predicted molar refractivity (Wildman–Crippen MR) is 85.3 cm³/mol. The van der Waals surface area contributed by atoms with Gasteiger partial charge in [-0.25, -0.2) is 0 Å². The van der Waals surface area contributed by atoms with Gasteiger partial charge in [-0.05, 0) is 34.6 Å². The molecule has 2 N–H and O–H groups in total. The SMILES string of the molecule is CCNC(=O)CC(C)(C)SSCCC(=O)NC(C)C. The van der Waals surface area contributed by atoms with Crippen LogP contribution in [0.3, 0.4) is 0 Å². The second-order valence-electron chi connectivity index (χ2n) is 5.27. The summed E-state index contributed by atoms with van der Waals surface area (Å²) >= 11 is 0. The number of amides is 2. The molecule has 19 heavy (non-hydrogen) atoms. The number of hydrogen-bond donors (Lipinski definition) is 2. The summed E-state index contributed by atoms with van der Waals surface area (Å²) in [5, 5.41) is 5.67. The van der Waals surface area contributed by atoms with E-state index in [4.69, 9.17) is 0 Å². The quantitative estimate of drug-likeness (QED) is 0.508. The lowest BCUT2D eigenvalue weighted by molar-refractivity contribution is -0.122. The number of rotatable bonds is 9. The minimum absolute atomic E-state index is 0.0816. The molecule has 0 fully saturated rings. The van der Waals surface area contributed by atoms with E-state index in [2.05, 4.69) is 10.6 Å². The average Bonchev–Trinajstić information content (AvgIpc) is 2.23. The van der Waals surface area contributed by atoms with Crippen molar-refractivity contribution in [2.45, 2.75) is 58.2 Å². The first-order valence-corrected chi connectivity index (χ1v) is 8.95. The van der Waals surface area contributed by atoms with Crippen LogP contribution in [0, 0.1) is 0 Å². The van der Waals surface area contributed by atoms with Crippen molar-refractivity contribution in [1.82, 2.24) is 10.6 Å². The van der Waals surface area contributed by atoms with E-state index in [1.54, 1.807) is 21.6 Å². The number of carbonyl (C=O) groups is 2. The first kappa shape index (κ1) is 18.6. The Balaban J connectivity index is 3.80. The summed E-state index contributed by atoms with van der Waals surface area (Å²) in [7, 11) is 3.32. The molecule has 0 rings (SSSR count). The molecule has 0 heterocycles. The zero-order chi connectivity index (χ0) is 14.9. The van der Waals surface area contributed by atoms with Crippen LogP contribution in [-0.2, 0) is 9.59 Å². The van der Waals surface area contributed by atoms with E-state index < -0.39 is 0 Å². The number of hydrogen-bond acceptors (Lipinski definition) is 4. The van der Waals surface area contributed by atoms with Gasteiger partial charge in [0.1, 0.15) is 0 Å². The largest absolute Gasteiger partial charge is 0.356 e. The van der Waals surface area contributed by atoms with Crippen LogP contribution in [0.1, 0.15) is 47.5 Å². The van der Waals surface area contributed by atoms with E-state index in [1.807, 2.05) is 34.6 Å². The van der Waals surface area contributed by atoms with E-state index in [0.717, 1.165) is 5.75 Å². The van der Waals surface area contributed by atoms with Crippen LogP contribution in [0.15, 0.2) is 0 Å². The summed E-state index contributed by atoms with van der Waals surface area (Å²) < 4.78 is -0.113. The Bertz CT molecular complexity index is 294. The third-order valence-electron chi connectivity index (χ3n) is 2.11. The fraction of sp³-hybridized carbons (Fsp3) is 0.846. The van der Waals surface area contributed by atoms with Gasteiger partial charge in [-0.1, -0.05) is 21.6 Å². The van der Waals surface area contributed by atoms with E-state index >= 15 is 0 Å². The summed E-state index contributed by atoms with van der Waals surface area (Å²) in [5.74, 6) is 0.935. The summed E-state index contributed by atoms with van der Waals surface area (Å²) in [4.78, 5) is 23.0. The topological polar surface area (TPSA) is 58.2 Å². The highest BCUT2D eigenvalue weighted by molar-refractivity contribution is 8.77. The minimum Gasteiger partial charge on any atom is -0.356 e. The van der Waals surface area contributed by atoms with Gasteiger partial charge in [0.05, 0.1) is 0 Å². The molecule has 0 spiro atoms. The molecule has 0 unspecified atom stereocenters. The Hall–Kier alpha value is -0.360. The molecule has 0 bridgehead atoms. The van der Waals surface area contributed by atoms with Crippen molar-refractivity contribution in [2.24, 2.45) is 0 Å². The van der Waals surface area contributed by atoms with Gasteiger partial charge in [0.15, 0.2) is 0 Å². The van der Waals surface area contributed by atoms with Crippen LogP contribution in [0.2, 0.25) is 0 Å². The van der Waals surface area contributed by atoms with E-state index in [1.165, 1.54) is 0 Å². The van der Waals surface area contributed by atoms with Crippen molar-refractivity contribution in [1.29, 1.82) is 0 Å². The Morgan fingerprint density at radius 2 is 1.84 bits per heavy atom. The number of carbonyl (C=O) groups excluding carboxylic acids is 2. The maximum absolute atomic E-state index is 11.5. The third-order valence-corrected chi connectivity index (χ3v) is 5.40. The molecule has 4 nitrogen and oxygen atoms in total. The Labute approximate surface area is 124 Å². The lowest BCUT2D eigenvalue weighted by atomic mass is 10.1. The molecule has 0 aromatic heterocycles. The second kappa shape index (κ2) is 9.53. The van der Waals surface area contributed by atoms with E-state index in [0.29, 0.717) is 19.4 Å². The third kappa shape index (κ3) is 11.2. The average molecular weight is 306 g/mol. The van der Waals surface area contributed by atoms with Gasteiger partial charge in [-0.15, -0.1) is 0 Å². The number of nitrogens with one attached hydrogen (secondary N) is 2. The molecule has 0 aliphatic rings. The van der Waals surface area contributed by atoms with Crippen LogP contribution in [0.4, 0.5) is 0 Å². The van der Waals surface area contributed by atoms with Crippen molar-refractivity contribution < 1.29 is 9.59 Å². The lowest BCUT2D eigenvalue weighted by Gasteiger charge is -2.22. The molecule has 0 aromatic rings. The van der Waals surface area contributed by atoms with E-state index in [9.17, 15) is 9.59 Å². The van der Waals surface area contributed by atoms with Crippen molar-refractivity contribution in [3.8, 4) is 0 Å². The molecule has 0 saturated heterocycles. The van der Waals surface area contributed by atoms with Crippen molar-refractivity contribution in [3.63, 3.8) is 0 Å². The molecule has 6 heteroatoms. The van der Waals surface area contributed by atoms with Crippen LogP contribution in [-0.4, -0.2) is 34.9 Å². The first-order chi connectivity index (χ1) is 8.76. The summed E-state index contributed by atoms with van der Waals surface area (Å²) in [6.45, 7) is 10.6. The Morgan fingerprint density at radius 1 is 1.21 bits per heavy atom. The minimum atomic E-state index is -0.113. The molecular weight excluding hydrogens is 280 g/mol. The monoisotopic (exact) mass is 306 g/mol. The summed E-state index contributed by atoms with van der Waals surface area (Å²) in [5.41, 5.74) is 0. The van der Waals surface area contributed by atoms with Gasteiger partial charge in [0.25, 0.3) is 0 Å². The fourth-order valence-electron chi connectivity index (χ4n) is 1.41. The standard InChI is InChI=1S/C13H26N2O2S2/c1-6-14-12(17)9-13(4,5)19-18-8-7-11(16)15-10(2)3/h10H,6-9H2,1-5H3,(H,14,17)(H,15,16). The molecule has 0 aliphatic heterocycles. The van der Waals surface area contributed by atoms with Crippen LogP contribution in [0.25, 0.3) is 0 Å². The predicted octanol–water partition coefficient (Wildman–Crippen LogP) is 2.59. The second-order valence-corrected chi connectivity index (χ2v) is 8.39. The van der Waals surface area contributed by atoms with Gasteiger partial charge in [-0.2, -0.15) is 0 Å². The zero-order valence-electron chi connectivity index (χ0n) is 12.5. The highest BCUT2D eigenvalue weighted by Gasteiger charge is 2.22. The van der Waals surface area contributed by atoms with Crippen molar-refractivity contribution in [2.75, 3.05) is 12.3 Å². The van der Waals surface area contributed by atoms with Gasteiger partial charge in [0.2, 0.25) is 11.8 Å².